The number of esters is 2. The highest BCUT2D eigenvalue weighted by molar-refractivity contribution is 5.91. The number of ether oxygens (including phenoxy) is 3. The molecule has 0 radical (unpaired) electrons. The van der Waals surface area contributed by atoms with Crippen LogP contribution in [0.5, 0.6) is 23.0 Å². The normalized spacial score (nSPS) is 10.4. The molecule has 4 aromatic carbocycles. The first-order chi connectivity index (χ1) is 16.0. The average Bonchev–Trinajstić information content (AvgIpc) is 2.82. The molecule has 0 aliphatic heterocycles. The summed E-state index contributed by atoms with van der Waals surface area (Å²) in [4.78, 5) is 24.2. The van der Waals surface area contributed by atoms with Crippen molar-refractivity contribution in [2.24, 2.45) is 0 Å². The van der Waals surface area contributed by atoms with Crippen molar-refractivity contribution in [1.29, 1.82) is 0 Å². The Morgan fingerprint density at radius 2 is 0.818 bits per heavy atom. The molecule has 5 nitrogen and oxygen atoms in total. The Morgan fingerprint density at radius 1 is 0.485 bits per heavy atom. The minimum Gasteiger partial charge on any atom is -0.457 e. The van der Waals surface area contributed by atoms with Crippen molar-refractivity contribution in [2.75, 3.05) is 0 Å². The number of hydrogen-bond donors (Lipinski definition) is 0. The van der Waals surface area contributed by atoms with Crippen LogP contribution in [-0.2, 0) is 0 Å². The molecule has 0 unspecified atom stereocenters. The lowest BCUT2D eigenvalue weighted by Crippen LogP contribution is -2.10. The van der Waals surface area contributed by atoms with Gasteiger partial charge < -0.3 is 14.2 Å². The van der Waals surface area contributed by atoms with Crippen LogP contribution in [-0.4, -0.2) is 11.9 Å². The second kappa shape index (κ2) is 9.74. The fraction of sp³-hybridized carbons (Fsp3) is 0. The van der Waals surface area contributed by atoms with Crippen molar-refractivity contribution >= 4 is 11.9 Å². The summed E-state index contributed by atoms with van der Waals surface area (Å²) in [6.07, 6.45) is 0. The van der Waals surface area contributed by atoms with E-state index in [0.29, 0.717) is 11.5 Å². The summed E-state index contributed by atoms with van der Waals surface area (Å²) in [6, 6.07) is 23.5. The van der Waals surface area contributed by atoms with E-state index >= 15 is 0 Å². The molecule has 0 saturated heterocycles. The molecule has 0 amide bonds. The van der Waals surface area contributed by atoms with Gasteiger partial charge >= 0.3 is 11.9 Å². The van der Waals surface area contributed by atoms with E-state index in [1.54, 1.807) is 36.4 Å². The molecule has 0 aliphatic rings. The number of halogens is 2. The first-order valence-electron chi connectivity index (χ1n) is 9.81. The van der Waals surface area contributed by atoms with E-state index in [-0.39, 0.29) is 22.6 Å². The van der Waals surface area contributed by atoms with Crippen LogP contribution in [0.4, 0.5) is 8.78 Å². The van der Waals surface area contributed by atoms with E-state index in [4.69, 9.17) is 14.2 Å². The maximum Gasteiger partial charge on any atom is 0.346 e. The lowest BCUT2D eigenvalue weighted by atomic mass is 10.2. The van der Waals surface area contributed by atoms with Gasteiger partial charge in [0.2, 0.25) is 0 Å². The van der Waals surface area contributed by atoms with Crippen molar-refractivity contribution in [2.45, 2.75) is 0 Å². The van der Waals surface area contributed by atoms with E-state index < -0.39 is 23.6 Å². The summed E-state index contributed by atoms with van der Waals surface area (Å²) in [5, 5.41) is 0. The Morgan fingerprint density at radius 3 is 1.18 bits per heavy atom. The van der Waals surface area contributed by atoms with Gasteiger partial charge in [0.25, 0.3) is 0 Å². The second-order valence-electron chi connectivity index (χ2n) is 6.78. The molecule has 33 heavy (non-hydrogen) atoms. The van der Waals surface area contributed by atoms with Crippen LogP contribution >= 0.6 is 0 Å². The van der Waals surface area contributed by atoms with Crippen LogP contribution in [0.2, 0.25) is 0 Å². The topological polar surface area (TPSA) is 61.8 Å². The van der Waals surface area contributed by atoms with Crippen molar-refractivity contribution in [3.63, 3.8) is 0 Å². The van der Waals surface area contributed by atoms with Crippen molar-refractivity contribution in [3.05, 3.63) is 120 Å². The summed E-state index contributed by atoms with van der Waals surface area (Å²) >= 11 is 0. The predicted molar refractivity (Wildman–Crippen MR) is 116 cm³/mol. The second-order valence-corrected chi connectivity index (χ2v) is 6.78. The van der Waals surface area contributed by atoms with E-state index in [9.17, 15) is 18.4 Å². The molecule has 0 atom stereocenters. The van der Waals surface area contributed by atoms with Gasteiger partial charge in [-0.3, -0.25) is 0 Å². The number of benzene rings is 4. The third-order valence-corrected chi connectivity index (χ3v) is 4.49. The summed E-state index contributed by atoms with van der Waals surface area (Å²) in [5.41, 5.74) is -0.317. The molecule has 4 aromatic rings. The molecule has 7 heteroatoms. The zero-order valence-corrected chi connectivity index (χ0v) is 17.0. The Labute approximate surface area is 187 Å². The third kappa shape index (κ3) is 5.40. The zero-order chi connectivity index (χ0) is 23.2. The van der Waals surface area contributed by atoms with Crippen molar-refractivity contribution < 1.29 is 32.6 Å². The zero-order valence-electron chi connectivity index (χ0n) is 17.0. The van der Waals surface area contributed by atoms with Crippen LogP contribution in [0.15, 0.2) is 97.1 Å². The summed E-state index contributed by atoms with van der Waals surface area (Å²) in [7, 11) is 0. The van der Waals surface area contributed by atoms with E-state index in [2.05, 4.69) is 0 Å². The molecule has 0 saturated carbocycles. The SMILES string of the molecule is O=C(Oc1ccc(Oc2ccc(OC(=O)c3ccccc3F)cc2)cc1)c1ccccc1F. The van der Waals surface area contributed by atoms with E-state index in [1.807, 2.05) is 0 Å². The molecule has 0 fully saturated rings. The van der Waals surface area contributed by atoms with Crippen LogP contribution in [0, 0.1) is 11.6 Å². The fourth-order valence-corrected chi connectivity index (χ4v) is 2.87. The Kier molecular flexibility index (Phi) is 6.40. The Hall–Kier alpha value is -4.52. The molecule has 0 N–H and O–H groups in total. The van der Waals surface area contributed by atoms with Gasteiger partial charge in [0, 0.05) is 0 Å². The molecule has 0 spiro atoms. The predicted octanol–water partition coefficient (Wildman–Crippen LogP) is 6.20. The molecule has 0 aromatic heterocycles. The van der Waals surface area contributed by atoms with Crippen LogP contribution < -0.4 is 14.2 Å². The highest BCUT2D eigenvalue weighted by Crippen LogP contribution is 2.26. The lowest BCUT2D eigenvalue weighted by molar-refractivity contribution is 0.0720. The molecule has 0 heterocycles. The maximum atomic E-state index is 13.7. The number of hydrogen-bond acceptors (Lipinski definition) is 5. The van der Waals surface area contributed by atoms with Crippen LogP contribution in [0.25, 0.3) is 0 Å². The van der Waals surface area contributed by atoms with Gasteiger partial charge in [0.1, 0.15) is 34.6 Å². The van der Waals surface area contributed by atoms with Gasteiger partial charge in [0.15, 0.2) is 0 Å². The molecule has 0 aliphatic carbocycles. The summed E-state index contributed by atoms with van der Waals surface area (Å²) < 4.78 is 43.4. The summed E-state index contributed by atoms with van der Waals surface area (Å²) in [5.74, 6) is -1.56. The molecule has 4 rings (SSSR count). The largest absolute Gasteiger partial charge is 0.457 e. The summed E-state index contributed by atoms with van der Waals surface area (Å²) in [6.45, 7) is 0. The third-order valence-electron chi connectivity index (χ3n) is 4.49. The highest BCUT2D eigenvalue weighted by atomic mass is 19.1. The highest BCUT2D eigenvalue weighted by Gasteiger charge is 2.14. The van der Waals surface area contributed by atoms with Crippen molar-refractivity contribution in [1.82, 2.24) is 0 Å². The van der Waals surface area contributed by atoms with Crippen molar-refractivity contribution in [3.8, 4) is 23.0 Å². The van der Waals surface area contributed by atoms with E-state index in [0.717, 1.165) is 0 Å². The molecular weight excluding hydrogens is 430 g/mol. The monoisotopic (exact) mass is 446 g/mol. The van der Waals surface area contributed by atoms with Gasteiger partial charge in [-0.15, -0.1) is 0 Å². The quantitative estimate of drug-likeness (QED) is 0.261. The Bertz CT molecular complexity index is 1180. The minimum atomic E-state index is -0.803. The number of rotatable bonds is 6. The maximum absolute atomic E-state index is 13.7. The van der Waals surface area contributed by atoms with Gasteiger partial charge in [0.05, 0.1) is 11.1 Å². The van der Waals surface area contributed by atoms with Gasteiger partial charge in [-0.05, 0) is 72.8 Å². The first-order valence-corrected chi connectivity index (χ1v) is 9.81. The van der Waals surface area contributed by atoms with Gasteiger partial charge in [-0.1, -0.05) is 24.3 Å². The van der Waals surface area contributed by atoms with Gasteiger partial charge in [-0.2, -0.15) is 0 Å². The first kappa shape index (κ1) is 21.7. The average molecular weight is 446 g/mol. The van der Waals surface area contributed by atoms with E-state index in [1.165, 1.54) is 60.7 Å². The van der Waals surface area contributed by atoms with Crippen LogP contribution in [0.1, 0.15) is 20.7 Å². The molecule has 0 bridgehead atoms. The smallest absolute Gasteiger partial charge is 0.346 e. The van der Waals surface area contributed by atoms with Crippen LogP contribution in [0.3, 0.4) is 0 Å². The van der Waals surface area contributed by atoms with Gasteiger partial charge in [-0.25, -0.2) is 18.4 Å². The number of carbonyl (C=O) groups excluding carboxylic acids is 2. The molecular formula is C26H16F2O5. The minimum absolute atomic E-state index is 0.159. The molecule has 164 valence electrons. The fourth-order valence-electron chi connectivity index (χ4n) is 2.87. The lowest BCUT2D eigenvalue weighted by Gasteiger charge is -2.09. The number of carbonyl (C=O) groups is 2. The Balaban J connectivity index is 1.35. The standard InChI is InChI=1S/C26H16F2O5/c27-23-7-3-1-5-21(23)25(29)32-19-13-9-17(10-14-19)31-18-11-15-20(16-12-18)33-26(30)22-6-2-4-8-24(22)28/h1-16H.